The van der Waals surface area contributed by atoms with Gasteiger partial charge in [0.05, 0.1) is 6.10 Å². The minimum atomic E-state index is -0.867. The minimum absolute atomic E-state index is 0.0192. The van der Waals surface area contributed by atoms with Crippen molar-refractivity contribution in [2.24, 2.45) is 0 Å². The fourth-order valence-corrected chi connectivity index (χ4v) is 2.61. The normalized spacial score (nSPS) is 12.3. The quantitative estimate of drug-likeness (QED) is 0.750. The Morgan fingerprint density at radius 1 is 1.29 bits per heavy atom. The van der Waals surface area contributed by atoms with Crippen LogP contribution in [0.4, 0.5) is 4.39 Å². The molecule has 0 unspecified atom stereocenters. The van der Waals surface area contributed by atoms with E-state index in [1.165, 1.54) is 18.2 Å². The number of aliphatic hydroxyl groups is 1. The Morgan fingerprint density at radius 2 is 2.00 bits per heavy atom. The lowest BCUT2D eigenvalue weighted by Crippen LogP contribution is -2.28. The molecule has 0 bridgehead atoms. The summed E-state index contributed by atoms with van der Waals surface area (Å²) in [6.45, 7) is 1.71. The molecular formula is C18H15ClFNO3. The van der Waals surface area contributed by atoms with Crippen molar-refractivity contribution in [1.29, 1.82) is 0 Å². The number of aryl methyl sites for hydroxylation is 1. The number of halogens is 2. The molecule has 0 radical (unpaired) electrons. The zero-order chi connectivity index (χ0) is 17.3. The molecule has 0 aliphatic heterocycles. The average molecular weight is 348 g/mol. The summed E-state index contributed by atoms with van der Waals surface area (Å²) < 4.78 is 18.8. The lowest BCUT2D eigenvalue weighted by atomic mass is 10.1. The van der Waals surface area contributed by atoms with E-state index in [0.29, 0.717) is 27.1 Å². The second-order valence-corrected chi connectivity index (χ2v) is 5.91. The van der Waals surface area contributed by atoms with Gasteiger partial charge in [0.2, 0.25) is 0 Å². The first-order chi connectivity index (χ1) is 11.5. The molecular weight excluding hydrogens is 333 g/mol. The number of fused-ring (bicyclic) bond motifs is 1. The van der Waals surface area contributed by atoms with E-state index in [4.69, 9.17) is 16.0 Å². The van der Waals surface area contributed by atoms with Crippen molar-refractivity contribution < 1.29 is 18.7 Å². The van der Waals surface area contributed by atoms with Gasteiger partial charge in [-0.15, -0.1) is 0 Å². The maximum Gasteiger partial charge on any atom is 0.287 e. The predicted octanol–water partition coefficient (Wildman–Crippen LogP) is 4.00. The highest BCUT2D eigenvalue weighted by Gasteiger charge is 2.19. The summed E-state index contributed by atoms with van der Waals surface area (Å²) in [6.07, 6.45) is -0.867. The highest BCUT2D eigenvalue weighted by molar-refractivity contribution is 6.30. The van der Waals surface area contributed by atoms with Gasteiger partial charge in [0.15, 0.2) is 5.76 Å². The molecule has 24 heavy (non-hydrogen) atoms. The maximum atomic E-state index is 13.3. The van der Waals surface area contributed by atoms with Gasteiger partial charge in [0.1, 0.15) is 11.4 Å². The Morgan fingerprint density at radius 3 is 2.71 bits per heavy atom. The summed E-state index contributed by atoms with van der Waals surface area (Å²) in [5, 5.41) is 13.9. The highest BCUT2D eigenvalue weighted by Crippen LogP contribution is 2.26. The Bertz CT molecular complexity index is 889. The van der Waals surface area contributed by atoms with Crippen LogP contribution in [0, 0.1) is 12.7 Å². The average Bonchev–Trinajstić information content (AvgIpc) is 2.89. The number of amides is 1. The van der Waals surface area contributed by atoms with Crippen molar-refractivity contribution in [3.63, 3.8) is 0 Å². The third-order valence-electron chi connectivity index (χ3n) is 3.82. The Balaban J connectivity index is 1.73. The number of carbonyl (C=O) groups excluding carboxylic acids is 1. The molecule has 2 aromatic carbocycles. The molecule has 0 aliphatic carbocycles. The van der Waals surface area contributed by atoms with E-state index in [2.05, 4.69) is 5.32 Å². The smallest absolute Gasteiger partial charge is 0.287 e. The summed E-state index contributed by atoms with van der Waals surface area (Å²) in [4.78, 5) is 12.3. The van der Waals surface area contributed by atoms with Gasteiger partial charge in [-0.05, 0) is 42.8 Å². The van der Waals surface area contributed by atoms with E-state index in [1.54, 1.807) is 31.2 Å². The SMILES string of the molecule is Cc1c(C(=O)NC[C@H](O)c2ccc(Cl)cc2)oc2ccc(F)cc12. The molecule has 6 heteroatoms. The summed E-state index contributed by atoms with van der Waals surface area (Å²) in [5.41, 5.74) is 1.64. The molecule has 1 aromatic heterocycles. The first kappa shape index (κ1) is 16.5. The molecule has 1 amide bonds. The van der Waals surface area contributed by atoms with Crippen LogP contribution in [0.15, 0.2) is 46.9 Å². The molecule has 0 saturated heterocycles. The third kappa shape index (κ3) is 3.27. The number of furan rings is 1. The Kier molecular flexibility index (Phi) is 4.55. The van der Waals surface area contributed by atoms with Gasteiger partial charge in [0, 0.05) is 22.5 Å². The summed E-state index contributed by atoms with van der Waals surface area (Å²) in [7, 11) is 0. The molecule has 0 aliphatic rings. The Hall–Kier alpha value is -2.37. The minimum Gasteiger partial charge on any atom is -0.451 e. The predicted molar refractivity (Wildman–Crippen MR) is 89.7 cm³/mol. The van der Waals surface area contributed by atoms with Crippen molar-refractivity contribution in [3.05, 3.63) is 70.2 Å². The van der Waals surface area contributed by atoms with Crippen LogP contribution in [0.25, 0.3) is 11.0 Å². The van der Waals surface area contributed by atoms with Crippen molar-refractivity contribution in [2.75, 3.05) is 6.54 Å². The van der Waals surface area contributed by atoms with Gasteiger partial charge in [0.25, 0.3) is 5.91 Å². The summed E-state index contributed by atoms with van der Waals surface area (Å²) >= 11 is 5.80. The van der Waals surface area contributed by atoms with Gasteiger partial charge in [-0.25, -0.2) is 4.39 Å². The van der Waals surface area contributed by atoms with Gasteiger partial charge >= 0.3 is 0 Å². The molecule has 0 saturated carbocycles. The van der Waals surface area contributed by atoms with Gasteiger partial charge in [-0.3, -0.25) is 4.79 Å². The van der Waals surface area contributed by atoms with Crippen LogP contribution in [0.1, 0.15) is 27.8 Å². The van der Waals surface area contributed by atoms with Crippen LogP contribution >= 0.6 is 11.6 Å². The second kappa shape index (κ2) is 6.63. The van der Waals surface area contributed by atoms with Crippen molar-refractivity contribution in [2.45, 2.75) is 13.0 Å². The second-order valence-electron chi connectivity index (χ2n) is 5.47. The van der Waals surface area contributed by atoms with Crippen LogP contribution in [0.2, 0.25) is 5.02 Å². The fraction of sp³-hybridized carbons (Fsp3) is 0.167. The summed E-state index contributed by atoms with van der Waals surface area (Å²) in [6, 6.07) is 10.8. The highest BCUT2D eigenvalue weighted by atomic mass is 35.5. The largest absolute Gasteiger partial charge is 0.451 e. The molecule has 1 atom stereocenters. The van der Waals surface area contributed by atoms with Gasteiger partial charge in [-0.1, -0.05) is 23.7 Å². The van der Waals surface area contributed by atoms with Crippen molar-refractivity contribution >= 4 is 28.5 Å². The van der Waals surface area contributed by atoms with E-state index in [0.717, 1.165) is 0 Å². The zero-order valence-electron chi connectivity index (χ0n) is 12.8. The number of carbonyl (C=O) groups is 1. The monoisotopic (exact) mass is 347 g/mol. The van der Waals surface area contributed by atoms with Crippen molar-refractivity contribution in [3.8, 4) is 0 Å². The van der Waals surface area contributed by atoms with Crippen LogP contribution in [-0.4, -0.2) is 17.6 Å². The van der Waals surface area contributed by atoms with E-state index < -0.39 is 17.8 Å². The molecule has 0 fully saturated rings. The number of benzene rings is 2. The number of aliphatic hydroxyl groups excluding tert-OH is 1. The third-order valence-corrected chi connectivity index (χ3v) is 4.07. The van der Waals surface area contributed by atoms with Crippen LogP contribution in [0.3, 0.4) is 0 Å². The number of hydrogen-bond donors (Lipinski definition) is 2. The number of nitrogens with one attached hydrogen (secondary N) is 1. The number of hydrogen-bond acceptors (Lipinski definition) is 3. The molecule has 3 aromatic rings. The van der Waals surface area contributed by atoms with E-state index in [1.807, 2.05) is 0 Å². The standard InChI is InChI=1S/C18H15ClFNO3/c1-10-14-8-13(20)6-7-16(14)24-17(10)18(23)21-9-15(22)11-2-4-12(19)5-3-11/h2-8,15,22H,9H2,1H3,(H,21,23)/t15-/m0/s1. The van der Waals surface area contributed by atoms with Crippen molar-refractivity contribution in [1.82, 2.24) is 5.32 Å². The summed E-state index contributed by atoms with van der Waals surface area (Å²) in [5.74, 6) is -0.743. The maximum absolute atomic E-state index is 13.3. The zero-order valence-corrected chi connectivity index (χ0v) is 13.6. The Labute approximate surface area is 142 Å². The fourth-order valence-electron chi connectivity index (χ4n) is 2.48. The van der Waals surface area contributed by atoms with Gasteiger partial charge in [-0.2, -0.15) is 0 Å². The van der Waals surface area contributed by atoms with Crippen LogP contribution in [0.5, 0.6) is 0 Å². The first-order valence-electron chi connectivity index (χ1n) is 7.36. The molecule has 2 N–H and O–H groups in total. The lowest BCUT2D eigenvalue weighted by molar-refractivity contribution is 0.0890. The lowest BCUT2D eigenvalue weighted by Gasteiger charge is -2.12. The van der Waals surface area contributed by atoms with Crippen LogP contribution < -0.4 is 5.32 Å². The molecule has 4 nitrogen and oxygen atoms in total. The first-order valence-corrected chi connectivity index (χ1v) is 7.74. The molecule has 0 spiro atoms. The molecule has 124 valence electrons. The van der Waals surface area contributed by atoms with E-state index in [-0.39, 0.29) is 12.3 Å². The number of rotatable bonds is 4. The van der Waals surface area contributed by atoms with Crippen LogP contribution in [-0.2, 0) is 0 Å². The van der Waals surface area contributed by atoms with Gasteiger partial charge < -0.3 is 14.8 Å². The van der Waals surface area contributed by atoms with E-state index in [9.17, 15) is 14.3 Å². The topological polar surface area (TPSA) is 62.5 Å². The van der Waals surface area contributed by atoms with E-state index >= 15 is 0 Å². The molecule has 3 rings (SSSR count). The molecule has 1 heterocycles.